The first-order chi connectivity index (χ1) is 11.7. The van der Waals surface area contributed by atoms with Crippen LogP contribution in [0.1, 0.15) is 65.2 Å². The molecule has 2 N–H and O–H groups in total. The molecule has 0 aromatic heterocycles. The fraction of sp³-hybridized carbons (Fsp3) is 0.789. The Balaban J connectivity index is 2.00. The average Bonchev–Trinajstić information content (AvgIpc) is 2.61. The smallest absolute Gasteiger partial charge is 0.220 e. The molecule has 0 radical (unpaired) electrons. The maximum absolute atomic E-state index is 11.8. The highest BCUT2D eigenvalue weighted by Crippen LogP contribution is 2.19. The molecule has 0 aromatic carbocycles. The highest BCUT2D eigenvalue weighted by molar-refractivity contribution is 5.83. The van der Waals surface area contributed by atoms with Crippen LogP contribution in [-0.2, 0) is 9.59 Å². The van der Waals surface area contributed by atoms with E-state index in [0.717, 1.165) is 32.5 Å². The quantitative estimate of drug-likeness (QED) is 0.425. The van der Waals surface area contributed by atoms with Crippen molar-refractivity contribution in [3.8, 4) is 0 Å². The minimum absolute atomic E-state index is 0.0234. The maximum atomic E-state index is 11.8. The molecule has 0 saturated heterocycles. The lowest BCUT2D eigenvalue weighted by molar-refractivity contribution is -0.126. The van der Waals surface area contributed by atoms with Gasteiger partial charge in [0, 0.05) is 25.9 Å². The Bertz CT molecular complexity index is 403. The van der Waals surface area contributed by atoms with Crippen LogP contribution in [0.2, 0.25) is 0 Å². The molecule has 1 aliphatic rings. The average molecular weight is 338 g/mol. The van der Waals surface area contributed by atoms with E-state index in [1.54, 1.807) is 0 Å². The normalized spacial score (nSPS) is 14.4. The van der Waals surface area contributed by atoms with Crippen LogP contribution in [0.3, 0.4) is 0 Å². The Morgan fingerprint density at radius 2 is 1.71 bits per heavy atom. The first-order valence-corrected chi connectivity index (χ1v) is 9.59. The molecule has 0 heterocycles. The number of nitrogens with one attached hydrogen (secondary N) is 2. The molecule has 1 aliphatic carbocycles. The summed E-state index contributed by atoms with van der Waals surface area (Å²) in [5.74, 6) is -0.0515. The molecule has 24 heavy (non-hydrogen) atoms. The van der Waals surface area contributed by atoms with Crippen LogP contribution in [0, 0.1) is 0 Å². The highest BCUT2D eigenvalue weighted by Gasteiger charge is 2.08. The number of hydrogen-bond donors (Lipinski definition) is 2. The second-order valence-corrected chi connectivity index (χ2v) is 6.44. The first kappa shape index (κ1) is 20.7. The molecule has 138 valence electrons. The van der Waals surface area contributed by atoms with E-state index < -0.39 is 0 Å². The van der Waals surface area contributed by atoms with Gasteiger partial charge in [-0.25, -0.2) is 0 Å². The van der Waals surface area contributed by atoms with Gasteiger partial charge in [-0.3, -0.25) is 9.59 Å². The molecule has 5 nitrogen and oxygen atoms in total. The molecular formula is C19H35N3O2. The molecule has 0 spiro atoms. The SMILES string of the molecule is CCN(CC)CCCNC(=O)CCC(=O)NCCC1=CCCCC1. The second kappa shape index (κ2) is 13.0. The summed E-state index contributed by atoms with van der Waals surface area (Å²) in [5.41, 5.74) is 1.47. The molecule has 0 fully saturated rings. The van der Waals surface area contributed by atoms with Crippen LogP contribution in [0.4, 0.5) is 0 Å². The van der Waals surface area contributed by atoms with Gasteiger partial charge < -0.3 is 15.5 Å². The lowest BCUT2D eigenvalue weighted by Crippen LogP contribution is -2.31. The molecule has 0 saturated carbocycles. The molecule has 1 rings (SSSR count). The predicted octanol–water partition coefficient (Wildman–Crippen LogP) is 2.62. The summed E-state index contributed by atoms with van der Waals surface area (Å²) in [6.07, 6.45) is 9.68. The van der Waals surface area contributed by atoms with Gasteiger partial charge in [0.25, 0.3) is 0 Å². The van der Waals surface area contributed by atoms with Gasteiger partial charge in [-0.1, -0.05) is 25.5 Å². The number of rotatable bonds is 12. The summed E-state index contributed by atoms with van der Waals surface area (Å²) in [5, 5.41) is 5.81. The van der Waals surface area contributed by atoms with Crippen LogP contribution in [0.25, 0.3) is 0 Å². The van der Waals surface area contributed by atoms with Crippen molar-refractivity contribution < 1.29 is 9.59 Å². The molecule has 5 heteroatoms. The van der Waals surface area contributed by atoms with Crippen LogP contribution in [0.15, 0.2) is 11.6 Å². The zero-order valence-corrected chi connectivity index (χ0v) is 15.5. The van der Waals surface area contributed by atoms with Gasteiger partial charge in [0.15, 0.2) is 0 Å². The van der Waals surface area contributed by atoms with Gasteiger partial charge in [0.2, 0.25) is 11.8 Å². The molecule has 2 amide bonds. The van der Waals surface area contributed by atoms with Crippen molar-refractivity contribution in [2.75, 3.05) is 32.7 Å². The first-order valence-electron chi connectivity index (χ1n) is 9.59. The van der Waals surface area contributed by atoms with Crippen molar-refractivity contribution in [2.24, 2.45) is 0 Å². The van der Waals surface area contributed by atoms with Crippen molar-refractivity contribution in [1.29, 1.82) is 0 Å². The number of carbonyl (C=O) groups is 2. The number of hydrogen-bond acceptors (Lipinski definition) is 3. The highest BCUT2D eigenvalue weighted by atomic mass is 16.2. The Morgan fingerprint density at radius 3 is 2.29 bits per heavy atom. The van der Waals surface area contributed by atoms with Crippen molar-refractivity contribution in [1.82, 2.24) is 15.5 Å². The number of carbonyl (C=O) groups excluding carboxylic acids is 2. The van der Waals surface area contributed by atoms with Gasteiger partial charge in [-0.2, -0.15) is 0 Å². The lowest BCUT2D eigenvalue weighted by atomic mass is 9.97. The summed E-state index contributed by atoms with van der Waals surface area (Å²) in [7, 11) is 0. The number of allylic oxidation sites excluding steroid dienone is 1. The van der Waals surface area contributed by atoms with Gasteiger partial charge in [-0.05, 0) is 58.2 Å². The predicted molar refractivity (Wildman–Crippen MR) is 98.8 cm³/mol. The second-order valence-electron chi connectivity index (χ2n) is 6.44. The molecular weight excluding hydrogens is 302 g/mol. The molecule has 0 aromatic rings. The fourth-order valence-electron chi connectivity index (χ4n) is 2.97. The van der Waals surface area contributed by atoms with Crippen molar-refractivity contribution in [3.63, 3.8) is 0 Å². The lowest BCUT2D eigenvalue weighted by Gasteiger charge is -2.17. The standard InChI is InChI=1S/C19H35N3O2/c1-3-22(4-2)16-8-14-20-18(23)11-12-19(24)21-15-13-17-9-6-5-7-10-17/h9H,3-8,10-16H2,1-2H3,(H,20,23)(H,21,24). The summed E-state index contributed by atoms with van der Waals surface area (Å²) in [6, 6.07) is 0. The van der Waals surface area contributed by atoms with Crippen molar-refractivity contribution in [3.05, 3.63) is 11.6 Å². The van der Waals surface area contributed by atoms with E-state index in [2.05, 4.69) is 35.5 Å². The zero-order valence-electron chi connectivity index (χ0n) is 15.5. The summed E-state index contributed by atoms with van der Waals surface area (Å²) < 4.78 is 0. The third kappa shape index (κ3) is 9.71. The largest absolute Gasteiger partial charge is 0.356 e. The monoisotopic (exact) mass is 337 g/mol. The fourth-order valence-corrected chi connectivity index (χ4v) is 2.97. The number of amides is 2. The third-order valence-corrected chi connectivity index (χ3v) is 4.60. The molecule has 0 aliphatic heterocycles. The van der Waals surface area contributed by atoms with E-state index in [1.807, 2.05) is 0 Å². The van der Waals surface area contributed by atoms with E-state index in [1.165, 1.54) is 31.3 Å². The van der Waals surface area contributed by atoms with Gasteiger partial charge >= 0.3 is 0 Å². The van der Waals surface area contributed by atoms with E-state index >= 15 is 0 Å². The van der Waals surface area contributed by atoms with Gasteiger partial charge in [-0.15, -0.1) is 0 Å². The Morgan fingerprint density at radius 1 is 1.04 bits per heavy atom. The minimum atomic E-state index is -0.0281. The Kier molecular flexibility index (Phi) is 11.2. The molecule has 0 bridgehead atoms. The summed E-state index contributed by atoms with van der Waals surface area (Å²) in [6.45, 7) is 8.75. The van der Waals surface area contributed by atoms with E-state index in [4.69, 9.17) is 0 Å². The molecule has 0 atom stereocenters. The molecule has 0 unspecified atom stereocenters. The topological polar surface area (TPSA) is 61.4 Å². The van der Waals surface area contributed by atoms with Crippen molar-refractivity contribution >= 4 is 11.8 Å². The van der Waals surface area contributed by atoms with Crippen LogP contribution in [0.5, 0.6) is 0 Å². The van der Waals surface area contributed by atoms with Crippen LogP contribution < -0.4 is 10.6 Å². The summed E-state index contributed by atoms with van der Waals surface area (Å²) in [4.78, 5) is 25.8. The van der Waals surface area contributed by atoms with E-state index in [-0.39, 0.29) is 24.7 Å². The van der Waals surface area contributed by atoms with E-state index in [0.29, 0.717) is 13.1 Å². The zero-order chi connectivity index (χ0) is 17.6. The summed E-state index contributed by atoms with van der Waals surface area (Å²) >= 11 is 0. The van der Waals surface area contributed by atoms with Crippen LogP contribution in [-0.4, -0.2) is 49.4 Å². The van der Waals surface area contributed by atoms with Crippen molar-refractivity contribution in [2.45, 2.75) is 65.2 Å². The van der Waals surface area contributed by atoms with E-state index in [9.17, 15) is 9.59 Å². The Hall–Kier alpha value is -1.36. The maximum Gasteiger partial charge on any atom is 0.220 e. The minimum Gasteiger partial charge on any atom is -0.356 e. The van der Waals surface area contributed by atoms with Crippen LogP contribution >= 0.6 is 0 Å². The Labute approximate surface area is 147 Å². The van der Waals surface area contributed by atoms with Gasteiger partial charge in [0.1, 0.15) is 0 Å². The van der Waals surface area contributed by atoms with Gasteiger partial charge in [0.05, 0.1) is 0 Å². The number of nitrogens with zero attached hydrogens (tertiary/aromatic N) is 1. The third-order valence-electron chi connectivity index (χ3n) is 4.60.